The third kappa shape index (κ3) is 5.99. The Bertz CT molecular complexity index is 786. The van der Waals surface area contributed by atoms with Gasteiger partial charge in [-0.3, -0.25) is 0 Å². The number of thioether (sulfide) groups is 1. The number of benzene rings is 2. The van der Waals surface area contributed by atoms with Gasteiger partial charge in [-0.2, -0.15) is 0 Å². The fourth-order valence-electron chi connectivity index (χ4n) is 3.28. The minimum atomic E-state index is -0.864. The van der Waals surface area contributed by atoms with E-state index in [-0.39, 0.29) is 0 Å². The van der Waals surface area contributed by atoms with Gasteiger partial charge in [-0.05, 0) is 47.7 Å². The maximum atomic E-state index is 11.8. The number of nitrogens with zero attached hydrogens (tertiary/aromatic N) is 1. The van der Waals surface area contributed by atoms with Crippen molar-refractivity contribution in [3.63, 3.8) is 0 Å². The lowest BCUT2D eigenvalue weighted by atomic mass is 9.99. The van der Waals surface area contributed by atoms with Gasteiger partial charge in [0, 0.05) is 29.2 Å². The molecule has 0 heterocycles. The van der Waals surface area contributed by atoms with Gasteiger partial charge in [0.05, 0.1) is 5.56 Å². The monoisotopic (exact) mass is 417 g/mol. The topological polar surface area (TPSA) is 40.5 Å². The van der Waals surface area contributed by atoms with Gasteiger partial charge in [0.1, 0.15) is 0 Å². The second-order valence-corrected chi connectivity index (χ2v) is 8.90. The summed E-state index contributed by atoms with van der Waals surface area (Å²) in [4.78, 5) is 15.3. The van der Waals surface area contributed by atoms with Crippen LogP contribution in [0, 0.1) is 0 Å². The van der Waals surface area contributed by atoms with Crippen LogP contribution in [0.4, 0.5) is 5.69 Å². The third-order valence-electron chi connectivity index (χ3n) is 4.71. The van der Waals surface area contributed by atoms with E-state index in [1.54, 1.807) is 11.8 Å². The van der Waals surface area contributed by atoms with Crippen LogP contribution < -0.4 is 10.2 Å². The number of rotatable bonds is 11. The summed E-state index contributed by atoms with van der Waals surface area (Å²) in [7, 11) is 2.77. The molecule has 28 heavy (non-hydrogen) atoms. The Morgan fingerprint density at radius 1 is 1.07 bits per heavy atom. The van der Waals surface area contributed by atoms with Crippen molar-refractivity contribution in [1.29, 1.82) is 0 Å². The van der Waals surface area contributed by atoms with Crippen molar-refractivity contribution in [2.75, 3.05) is 23.7 Å². The first-order chi connectivity index (χ1) is 13.5. The van der Waals surface area contributed by atoms with Gasteiger partial charge in [-0.1, -0.05) is 51.8 Å². The van der Waals surface area contributed by atoms with E-state index < -0.39 is 5.97 Å². The fraction of sp³-hybridized carbons (Fsp3) is 0.435. The van der Waals surface area contributed by atoms with E-state index in [1.807, 2.05) is 12.1 Å². The summed E-state index contributed by atoms with van der Waals surface area (Å²) in [5.74, 6) is 0.0384. The number of carboxylic acid groups (broad SMARTS) is 1. The van der Waals surface area contributed by atoms with E-state index in [0.29, 0.717) is 5.56 Å². The minimum absolute atomic E-state index is 0.370. The smallest absolute Gasteiger partial charge is 0.335 e. The van der Waals surface area contributed by atoms with Crippen molar-refractivity contribution in [1.82, 2.24) is 0 Å². The highest BCUT2D eigenvalue weighted by molar-refractivity contribution is 7.99. The number of carboxylic acids is 1. The summed E-state index contributed by atoms with van der Waals surface area (Å²) < 4.78 is 0. The Balaban J connectivity index is 2.71. The van der Waals surface area contributed by atoms with Gasteiger partial charge in [0.25, 0.3) is 0 Å². The molecule has 0 saturated heterocycles. The largest absolute Gasteiger partial charge is 0.478 e. The Morgan fingerprint density at radius 2 is 1.75 bits per heavy atom. The van der Waals surface area contributed by atoms with Crippen LogP contribution >= 0.6 is 21.0 Å². The van der Waals surface area contributed by atoms with Crippen molar-refractivity contribution in [2.24, 2.45) is 0 Å². The highest BCUT2D eigenvalue weighted by Crippen LogP contribution is 2.40. The molecular weight excluding hydrogens is 385 g/mol. The normalized spacial score (nSPS) is 10.9. The molecule has 2 rings (SSSR count). The maximum absolute atomic E-state index is 11.8. The Morgan fingerprint density at radius 3 is 2.29 bits per heavy atom. The number of hydrogen-bond donors (Lipinski definition) is 1. The molecule has 0 aliphatic heterocycles. The average molecular weight is 418 g/mol. The number of anilines is 1. The Kier molecular flexibility index (Phi) is 9.34. The van der Waals surface area contributed by atoms with Crippen LogP contribution in [-0.2, 0) is 0 Å². The highest BCUT2D eigenvalue weighted by atomic mass is 32.2. The molecule has 2 aromatic carbocycles. The molecule has 0 saturated carbocycles. The summed E-state index contributed by atoms with van der Waals surface area (Å²) in [6, 6.07) is 12.1. The van der Waals surface area contributed by atoms with Crippen LogP contribution in [0.5, 0.6) is 0 Å². The SMILES string of the molecule is CCCCN(CCCC)c1cc(C(=O)O)cc(SCC)c1-c1cccc(P)c1. The Labute approximate surface area is 176 Å². The molecule has 0 aliphatic rings. The summed E-state index contributed by atoms with van der Waals surface area (Å²) in [6.45, 7) is 8.40. The van der Waals surface area contributed by atoms with E-state index in [4.69, 9.17) is 0 Å². The van der Waals surface area contributed by atoms with E-state index in [0.717, 1.165) is 71.5 Å². The van der Waals surface area contributed by atoms with Gasteiger partial charge < -0.3 is 10.0 Å². The van der Waals surface area contributed by atoms with E-state index in [1.165, 1.54) is 0 Å². The van der Waals surface area contributed by atoms with E-state index in [2.05, 4.69) is 59.2 Å². The second kappa shape index (κ2) is 11.5. The second-order valence-electron chi connectivity index (χ2n) is 6.93. The molecule has 1 unspecified atom stereocenters. The molecule has 2 aromatic rings. The van der Waals surface area contributed by atoms with Gasteiger partial charge in [0.2, 0.25) is 0 Å². The van der Waals surface area contributed by atoms with E-state index >= 15 is 0 Å². The van der Waals surface area contributed by atoms with E-state index in [9.17, 15) is 9.90 Å². The molecule has 152 valence electrons. The van der Waals surface area contributed by atoms with Crippen LogP contribution in [0.1, 0.15) is 56.8 Å². The van der Waals surface area contributed by atoms with Crippen LogP contribution in [0.2, 0.25) is 0 Å². The standard InChI is InChI=1S/C23H32NO2PS/c1-4-7-12-24(13-8-5-2)20-15-18(23(25)26)16-21(28-6-3)22(20)17-10-9-11-19(27)14-17/h9-11,14-16H,4-8,12-13,27H2,1-3H3,(H,25,26). The molecule has 0 aliphatic carbocycles. The van der Waals surface area contributed by atoms with Crippen LogP contribution in [0.3, 0.4) is 0 Å². The van der Waals surface area contributed by atoms with Crippen molar-refractivity contribution in [2.45, 2.75) is 51.3 Å². The first kappa shape index (κ1) is 22.8. The zero-order chi connectivity index (χ0) is 20.5. The molecule has 1 N–H and O–H groups in total. The maximum Gasteiger partial charge on any atom is 0.335 e. The van der Waals surface area contributed by atoms with Crippen LogP contribution in [-0.4, -0.2) is 29.9 Å². The van der Waals surface area contributed by atoms with Crippen LogP contribution in [0.25, 0.3) is 11.1 Å². The van der Waals surface area contributed by atoms with Gasteiger partial charge in [0.15, 0.2) is 0 Å². The number of unbranched alkanes of at least 4 members (excludes halogenated alkanes) is 2. The fourth-order valence-corrected chi connectivity index (χ4v) is 4.46. The zero-order valence-electron chi connectivity index (χ0n) is 17.2. The number of hydrogen-bond acceptors (Lipinski definition) is 3. The lowest BCUT2D eigenvalue weighted by Gasteiger charge is -2.29. The quantitative estimate of drug-likeness (QED) is 0.356. The minimum Gasteiger partial charge on any atom is -0.478 e. The van der Waals surface area contributed by atoms with Gasteiger partial charge >= 0.3 is 5.97 Å². The van der Waals surface area contributed by atoms with Crippen molar-refractivity contribution in [3.8, 4) is 11.1 Å². The molecule has 0 bridgehead atoms. The van der Waals surface area contributed by atoms with Crippen LogP contribution in [0.15, 0.2) is 41.3 Å². The van der Waals surface area contributed by atoms with Crippen molar-refractivity contribution >= 4 is 38.0 Å². The zero-order valence-corrected chi connectivity index (χ0v) is 19.2. The van der Waals surface area contributed by atoms with Crippen molar-refractivity contribution < 1.29 is 9.90 Å². The Hall–Kier alpha value is -1.51. The molecule has 5 heteroatoms. The number of carbonyl (C=O) groups is 1. The predicted molar refractivity (Wildman–Crippen MR) is 127 cm³/mol. The molecule has 3 nitrogen and oxygen atoms in total. The molecule has 0 radical (unpaired) electrons. The first-order valence-corrected chi connectivity index (χ1v) is 11.7. The molecule has 1 atom stereocenters. The molecule has 0 spiro atoms. The summed E-state index contributed by atoms with van der Waals surface area (Å²) in [5.41, 5.74) is 3.73. The molecular formula is C23H32NO2PS. The average Bonchev–Trinajstić information content (AvgIpc) is 2.67. The highest BCUT2D eigenvalue weighted by Gasteiger charge is 2.20. The lowest BCUT2D eigenvalue weighted by molar-refractivity contribution is 0.0696. The van der Waals surface area contributed by atoms with Crippen molar-refractivity contribution in [3.05, 3.63) is 42.0 Å². The first-order valence-electron chi connectivity index (χ1n) is 10.2. The summed E-state index contributed by atoms with van der Waals surface area (Å²) >= 11 is 1.72. The molecule has 0 amide bonds. The van der Waals surface area contributed by atoms with Gasteiger partial charge in [-0.15, -0.1) is 21.0 Å². The number of aromatic carboxylic acids is 1. The third-order valence-corrected chi connectivity index (χ3v) is 5.99. The molecule has 0 aromatic heterocycles. The summed E-state index contributed by atoms with van der Waals surface area (Å²) in [5, 5.41) is 10.8. The molecule has 0 fully saturated rings. The summed E-state index contributed by atoms with van der Waals surface area (Å²) in [6.07, 6.45) is 4.43. The lowest BCUT2D eigenvalue weighted by Crippen LogP contribution is -2.26. The van der Waals surface area contributed by atoms with Gasteiger partial charge in [-0.25, -0.2) is 4.79 Å². The predicted octanol–water partition coefficient (Wildman–Crippen LogP) is 6.07.